The zero-order valence-electron chi connectivity index (χ0n) is 21.2. The molecule has 0 fully saturated rings. The fourth-order valence-corrected chi connectivity index (χ4v) is 2.86. The molecule has 1 amide bonds. The van der Waals surface area contributed by atoms with E-state index in [1.807, 2.05) is 48.5 Å². The number of aliphatic carboxylic acids is 2. The molecule has 10 nitrogen and oxygen atoms in total. The quantitative estimate of drug-likeness (QED) is 0.125. The summed E-state index contributed by atoms with van der Waals surface area (Å²) in [7, 11) is 0. The predicted molar refractivity (Wildman–Crippen MR) is 139 cm³/mol. The van der Waals surface area contributed by atoms with Crippen LogP contribution in [-0.4, -0.2) is 52.1 Å². The first kappa shape index (κ1) is 34.6. The number of carbonyl (C=O) groups excluding carboxylic acids is 1. The number of hydrogen-bond donors (Lipinski definition) is 7. The zero-order valence-corrected chi connectivity index (χ0v) is 21.2. The summed E-state index contributed by atoms with van der Waals surface area (Å²) in [4.78, 5) is 30.2. The lowest BCUT2D eigenvalue weighted by molar-refractivity contribution is -0.193. The van der Waals surface area contributed by atoms with Gasteiger partial charge in [0.25, 0.3) is 5.91 Å². The van der Waals surface area contributed by atoms with Gasteiger partial charge in [0.2, 0.25) is 0 Å². The van der Waals surface area contributed by atoms with Crippen LogP contribution < -0.4 is 16.8 Å². The van der Waals surface area contributed by atoms with Gasteiger partial charge in [-0.1, -0.05) is 60.7 Å². The molecule has 3 aromatic rings. The van der Waals surface area contributed by atoms with E-state index in [2.05, 4.69) is 5.32 Å². The van der Waals surface area contributed by atoms with Gasteiger partial charge in [-0.15, -0.1) is 0 Å². The molecule has 0 radical (unpaired) electrons. The summed E-state index contributed by atoms with van der Waals surface area (Å²) in [6.45, 7) is 0.373. The molecule has 3 aromatic carbocycles. The molecule has 0 aromatic heterocycles. The van der Waals surface area contributed by atoms with Gasteiger partial charge in [0.05, 0.1) is 0 Å². The number of alkyl halides is 6. The van der Waals surface area contributed by atoms with Gasteiger partial charge in [-0.05, 0) is 28.8 Å². The minimum absolute atomic E-state index is 0.0305. The van der Waals surface area contributed by atoms with Gasteiger partial charge in [-0.3, -0.25) is 15.6 Å². The van der Waals surface area contributed by atoms with Crippen molar-refractivity contribution in [3.8, 4) is 11.1 Å². The van der Waals surface area contributed by atoms with Crippen molar-refractivity contribution in [1.29, 1.82) is 10.8 Å². The fraction of sp³-hybridized carbons (Fsp3) is 0.115. The molecule has 0 spiro atoms. The molecule has 16 heteroatoms. The summed E-state index contributed by atoms with van der Waals surface area (Å²) >= 11 is 0. The highest BCUT2D eigenvalue weighted by Gasteiger charge is 2.38. The van der Waals surface area contributed by atoms with E-state index < -0.39 is 24.3 Å². The van der Waals surface area contributed by atoms with Crippen LogP contribution in [0.15, 0.2) is 72.8 Å². The largest absolute Gasteiger partial charge is 0.490 e. The summed E-state index contributed by atoms with van der Waals surface area (Å²) in [6.07, 6.45) is -10.2. The Morgan fingerprint density at radius 2 is 1.02 bits per heavy atom. The number of nitrogens with one attached hydrogen (secondary N) is 3. The molecule has 0 unspecified atom stereocenters. The van der Waals surface area contributed by atoms with Crippen molar-refractivity contribution in [3.05, 3.63) is 95.1 Å². The maximum atomic E-state index is 12.4. The van der Waals surface area contributed by atoms with Crippen LogP contribution in [-0.2, 0) is 16.1 Å². The van der Waals surface area contributed by atoms with Crippen LogP contribution in [0, 0.1) is 10.8 Å². The molecule has 0 saturated carbocycles. The van der Waals surface area contributed by atoms with Crippen LogP contribution in [0.4, 0.5) is 26.3 Å². The Morgan fingerprint density at radius 1 is 0.667 bits per heavy atom. The first-order valence-electron chi connectivity index (χ1n) is 11.2. The van der Waals surface area contributed by atoms with Gasteiger partial charge in [0.1, 0.15) is 11.7 Å². The Balaban J connectivity index is 0.000000522. The maximum Gasteiger partial charge on any atom is 0.490 e. The maximum absolute atomic E-state index is 12.4. The Hall–Kier alpha value is -5.41. The number of carbonyl (C=O) groups is 3. The molecule has 224 valence electrons. The number of benzene rings is 3. The standard InChI is InChI=1S/C22H21N5O.2C2HF3O2/c23-20(24)15-7-5-14(6-8-15)19-4-2-1-3-18(19)13-27-22(28)17-11-9-16(10-12-17)21(25)26;2*3-2(4,5)1(6)7/h1-12H,13H2,(H3,23,24)(H3,25,26)(H,27,28);2*(H,6,7). The third kappa shape index (κ3) is 11.4. The molecule has 3 rings (SSSR count). The highest BCUT2D eigenvalue weighted by Crippen LogP contribution is 2.24. The van der Waals surface area contributed by atoms with Crippen molar-refractivity contribution in [1.82, 2.24) is 5.32 Å². The molecule has 42 heavy (non-hydrogen) atoms. The Morgan fingerprint density at radius 3 is 1.40 bits per heavy atom. The average Bonchev–Trinajstić information content (AvgIpc) is 2.91. The number of hydrogen-bond acceptors (Lipinski definition) is 5. The van der Waals surface area contributed by atoms with Crippen molar-refractivity contribution >= 4 is 29.5 Å². The average molecular weight is 599 g/mol. The van der Waals surface area contributed by atoms with Crippen molar-refractivity contribution in [3.63, 3.8) is 0 Å². The predicted octanol–water partition coefficient (Wildman–Crippen LogP) is 4.12. The smallest absolute Gasteiger partial charge is 0.475 e. The van der Waals surface area contributed by atoms with Gasteiger partial charge in [0.15, 0.2) is 0 Å². The van der Waals surface area contributed by atoms with Gasteiger partial charge in [0, 0.05) is 23.2 Å². The molecule has 0 heterocycles. The normalized spacial score (nSPS) is 10.6. The minimum atomic E-state index is -5.08. The molecular formula is C26H23F6N5O5. The number of nitrogens with two attached hydrogens (primary N) is 2. The third-order valence-electron chi connectivity index (χ3n) is 4.91. The van der Waals surface area contributed by atoms with Crippen LogP contribution in [0.1, 0.15) is 27.0 Å². The second-order valence-electron chi connectivity index (χ2n) is 7.93. The zero-order chi connectivity index (χ0) is 32.3. The van der Waals surface area contributed by atoms with E-state index >= 15 is 0 Å². The first-order chi connectivity index (χ1) is 19.3. The summed E-state index contributed by atoms with van der Waals surface area (Å²) < 4.78 is 63.5. The van der Waals surface area contributed by atoms with E-state index in [0.717, 1.165) is 16.7 Å². The monoisotopic (exact) mass is 599 g/mol. The highest BCUT2D eigenvalue weighted by molar-refractivity contribution is 5.98. The van der Waals surface area contributed by atoms with Gasteiger partial charge in [-0.25, -0.2) is 9.59 Å². The number of halogens is 6. The lowest BCUT2D eigenvalue weighted by atomic mass is 9.98. The minimum Gasteiger partial charge on any atom is -0.475 e. The van der Waals surface area contributed by atoms with Crippen molar-refractivity contribution in [2.45, 2.75) is 18.9 Å². The summed E-state index contributed by atoms with van der Waals surface area (Å²) in [6, 6.07) is 21.9. The van der Waals surface area contributed by atoms with E-state index in [9.17, 15) is 31.1 Å². The van der Waals surface area contributed by atoms with E-state index in [1.165, 1.54) is 0 Å². The third-order valence-corrected chi connectivity index (χ3v) is 4.91. The molecule has 0 bridgehead atoms. The van der Waals surface area contributed by atoms with E-state index in [-0.39, 0.29) is 17.6 Å². The lowest BCUT2D eigenvalue weighted by Crippen LogP contribution is -2.23. The SMILES string of the molecule is N=C(N)c1ccc(C(=O)NCc2ccccc2-c2ccc(C(=N)N)cc2)cc1.O=C(O)C(F)(F)F.O=C(O)C(F)(F)F. The molecule has 0 aliphatic rings. The number of nitrogen functional groups attached to an aromatic ring is 2. The van der Waals surface area contributed by atoms with Crippen LogP contribution >= 0.6 is 0 Å². The fourth-order valence-electron chi connectivity index (χ4n) is 2.86. The number of rotatable bonds is 6. The second-order valence-corrected chi connectivity index (χ2v) is 7.93. The molecule has 0 atom stereocenters. The van der Waals surface area contributed by atoms with E-state index in [4.69, 9.17) is 42.1 Å². The summed E-state index contributed by atoms with van der Waals surface area (Å²) in [5, 5.41) is 32.1. The van der Waals surface area contributed by atoms with Crippen LogP contribution in [0.25, 0.3) is 11.1 Å². The van der Waals surface area contributed by atoms with Gasteiger partial charge in [-0.2, -0.15) is 26.3 Å². The number of amides is 1. The topological polar surface area (TPSA) is 203 Å². The molecule has 9 N–H and O–H groups in total. The Kier molecular flexibility index (Phi) is 12.2. The van der Waals surface area contributed by atoms with E-state index in [0.29, 0.717) is 23.2 Å². The summed E-state index contributed by atoms with van der Waals surface area (Å²) in [5.41, 5.74) is 15.7. The number of amidine groups is 2. The Bertz CT molecular complexity index is 1400. The van der Waals surface area contributed by atoms with Crippen LogP contribution in [0.5, 0.6) is 0 Å². The molecule has 0 aliphatic carbocycles. The first-order valence-corrected chi connectivity index (χ1v) is 11.2. The van der Waals surface area contributed by atoms with Crippen molar-refractivity contribution in [2.24, 2.45) is 11.5 Å². The van der Waals surface area contributed by atoms with Gasteiger partial charge >= 0.3 is 24.3 Å². The van der Waals surface area contributed by atoms with Crippen LogP contribution in [0.3, 0.4) is 0 Å². The number of carboxylic acid groups (broad SMARTS) is 2. The molecule has 0 aliphatic heterocycles. The molecule has 0 saturated heterocycles. The summed E-state index contributed by atoms with van der Waals surface area (Å²) in [5.74, 6) is -5.71. The second kappa shape index (κ2) is 14.8. The van der Waals surface area contributed by atoms with Crippen LogP contribution in [0.2, 0.25) is 0 Å². The highest BCUT2D eigenvalue weighted by atomic mass is 19.4. The number of carboxylic acids is 2. The van der Waals surface area contributed by atoms with Gasteiger partial charge < -0.3 is 27.0 Å². The Labute approximate surface area is 233 Å². The molecular weight excluding hydrogens is 576 g/mol. The van der Waals surface area contributed by atoms with Crippen molar-refractivity contribution in [2.75, 3.05) is 0 Å². The van der Waals surface area contributed by atoms with Crippen molar-refractivity contribution < 1.29 is 50.9 Å². The van der Waals surface area contributed by atoms with E-state index in [1.54, 1.807) is 24.3 Å². The lowest BCUT2D eigenvalue weighted by Gasteiger charge is -2.12.